The first kappa shape index (κ1) is 31.1. The summed E-state index contributed by atoms with van der Waals surface area (Å²) in [6.07, 6.45) is 1.11. The fourth-order valence-electron chi connectivity index (χ4n) is 5.08. The van der Waals surface area contributed by atoms with Gasteiger partial charge in [-0.2, -0.15) is 13.9 Å². The number of aliphatic hydroxyl groups is 1. The summed E-state index contributed by atoms with van der Waals surface area (Å²) in [6, 6.07) is 5.59. The number of nitrogens with zero attached hydrogens (tertiary/aromatic N) is 3. The molecule has 234 valence electrons. The van der Waals surface area contributed by atoms with Crippen molar-refractivity contribution in [1.29, 1.82) is 0 Å². The molecule has 1 aliphatic carbocycles. The smallest absolute Gasteiger partial charge is 0.333 e. The number of hydrogen-bond donors (Lipinski definition) is 2. The van der Waals surface area contributed by atoms with E-state index in [0.29, 0.717) is 16.3 Å². The molecule has 0 bridgehead atoms. The van der Waals surface area contributed by atoms with Crippen LogP contribution in [-0.2, 0) is 12.0 Å². The Morgan fingerprint density at radius 1 is 1.16 bits per heavy atom. The molecule has 8 nitrogen and oxygen atoms in total. The molecule has 0 radical (unpaired) electrons. The molecule has 0 saturated heterocycles. The minimum atomic E-state index is -2.93. The summed E-state index contributed by atoms with van der Waals surface area (Å²) in [5.41, 5.74) is -5.32. The number of ether oxygens (including phenoxy) is 2. The van der Waals surface area contributed by atoms with Gasteiger partial charge < -0.3 is 19.9 Å². The van der Waals surface area contributed by atoms with Crippen LogP contribution in [0.4, 0.5) is 26.3 Å². The van der Waals surface area contributed by atoms with Gasteiger partial charge >= 0.3 is 6.55 Å². The van der Waals surface area contributed by atoms with Crippen LogP contribution in [0.1, 0.15) is 54.9 Å². The van der Waals surface area contributed by atoms with Gasteiger partial charge in [-0.1, -0.05) is 6.92 Å². The molecule has 0 spiro atoms. The lowest BCUT2D eigenvalue weighted by atomic mass is 9.88. The Bertz CT molecular complexity index is 1740. The van der Waals surface area contributed by atoms with Crippen LogP contribution in [-0.4, -0.2) is 51.7 Å². The van der Waals surface area contributed by atoms with Gasteiger partial charge in [0.2, 0.25) is 0 Å². The Kier molecular flexibility index (Phi) is 8.23. The number of benzene rings is 2. The van der Waals surface area contributed by atoms with Crippen molar-refractivity contribution in [2.24, 2.45) is 0 Å². The van der Waals surface area contributed by atoms with Gasteiger partial charge in [0.1, 0.15) is 28.4 Å². The highest BCUT2D eigenvalue weighted by atomic mass is 19.3. The number of aryl methyl sites for hydroxylation is 1. The molecular formula is C30H28F6N4O4. The Labute approximate surface area is 247 Å². The number of carbonyl (C=O) groups is 1. The third-order valence-corrected chi connectivity index (χ3v) is 7.64. The largest absolute Gasteiger partial charge is 0.494 e. The standard InChI is InChI=1S/C30H28F6N4O4/c1-4-15-12-21(38-25(26(15)44-5-2)18-6-7-19(31)23(33)22(18)32)30(42,29(36)8-9-29)14-37-27(41)16-10-17-13-40(28(34)35)39-24(17)20(11-16)43-3/h6-7,10-13,28,42H,4-5,8-9,14H2,1-3H3,(H,37,41)/t30-/m0/s1. The van der Waals surface area contributed by atoms with Crippen molar-refractivity contribution < 1.29 is 45.7 Å². The summed E-state index contributed by atoms with van der Waals surface area (Å²) in [4.78, 5) is 17.6. The van der Waals surface area contributed by atoms with E-state index in [0.717, 1.165) is 12.3 Å². The van der Waals surface area contributed by atoms with E-state index >= 15 is 4.39 Å². The molecule has 4 aromatic rings. The number of methoxy groups -OCH3 is 1. The predicted octanol–water partition coefficient (Wildman–Crippen LogP) is 6.00. The summed E-state index contributed by atoms with van der Waals surface area (Å²) in [6.45, 7) is -0.170. The zero-order chi connectivity index (χ0) is 32.0. The van der Waals surface area contributed by atoms with Crippen LogP contribution in [0.3, 0.4) is 0 Å². The van der Waals surface area contributed by atoms with Crippen molar-refractivity contribution in [3.05, 3.63) is 70.8 Å². The fraction of sp³-hybridized carbons (Fsp3) is 0.367. The molecule has 2 aromatic carbocycles. The number of aromatic nitrogens is 3. The molecular weight excluding hydrogens is 594 g/mol. The first-order valence-corrected chi connectivity index (χ1v) is 13.7. The minimum Gasteiger partial charge on any atom is -0.494 e. The van der Waals surface area contributed by atoms with E-state index in [2.05, 4.69) is 15.4 Å². The predicted molar refractivity (Wildman–Crippen MR) is 147 cm³/mol. The van der Waals surface area contributed by atoms with Crippen molar-refractivity contribution in [1.82, 2.24) is 20.1 Å². The lowest BCUT2D eigenvalue weighted by Gasteiger charge is -2.33. The van der Waals surface area contributed by atoms with Gasteiger partial charge in [0.25, 0.3) is 5.91 Å². The van der Waals surface area contributed by atoms with Crippen LogP contribution in [0, 0.1) is 17.5 Å². The van der Waals surface area contributed by atoms with E-state index in [1.54, 1.807) is 13.8 Å². The second-order valence-electron chi connectivity index (χ2n) is 10.4. The molecule has 2 N–H and O–H groups in total. The second kappa shape index (κ2) is 11.6. The normalized spacial score (nSPS) is 15.3. The number of carbonyl (C=O) groups excluding carboxylic acids is 1. The van der Waals surface area contributed by atoms with Gasteiger partial charge in [-0.3, -0.25) is 4.79 Å². The summed E-state index contributed by atoms with van der Waals surface area (Å²) < 4.78 is 96.6. The SMILES string of the molecule is CCOc1c(CC)cc([C@@](O)(CNC(=O)c2cc(OC)c3nn(C(F)F)cc3c2)C2(F)CC2)nc1-c1ccc(F)c(F)c1F. The third kappa shape index (κ3) is 5.31. The first-order chi connectivity index (χ1) is 20.9. The molecule has 44 heavy (non-hydrogen) atoms. The number of halogens is 6. The van der Waals surface area contributed by atoms with Crippen molar-refractivity contribution >= 4 is 16.8 Å². The van der Waals surface area contributed by atoms with Gasteiger partial charge in [-0.15, -0.1) is 0 Å². The van der Waals surface area contributed by atoms with Gasteiger partial charge in [0, 0.05) is 22.7 Å². The van der Waals surface area contributed by atoms with E-state index < -0.39 is 53.3 Å². The maximum Gasteiger partial charge on any atom is 0.333 e. The van der Waals surface area contributed by atoms with E-state index in [9.17, 15) is 31.9 Å². The lowest BCUT2D eigenvalue weighted by Crippen LogP contribution is -2.49. The molecule has 1 amide bonds. The molecule has 1 fully saturated rings. The minimum absolute atomic E-state index is 0.0328. The number of nitrogens with one attached hydrogen (secondary N) is 1. The second-order valence-corrected chi connectivity index (χ2v) is 10.4. The van der Waals surface area contributed by atoms with Crippen molar-refractivity contribution in [3.63, 3.8) is 0 Å². The van der Waals surface area contributed by atoms with Crippen LogP contribution in [0.15, 0.2) is 36.5 Å². The van der Waals surface area contributed by atoms with Crippen molar-refractivity contribution in [2.45, 2.75) is 50.9 Å². The molecule has 1 saturated carbocycles. The van der Waals surface area contributed by atoms with E-state index in [4.69, 9.17) is 9.47 Å². The summed E-state index contributed by atoms with van der Waals surface area (Å²) in [5, 5.41) is 18.3. The van der Waals surface area contributed by atoms with Crippen molar-refractivity contribution in [3.8, 4) is 22.8 Å². The van der Waals surface area contributed by atoms with E-state index in [-0.39, 0.29) is 65.2 Å². The average molecular weight is 623 g/mol. The zero-order valence-electron chi connectivity index (χ0n) is 23.9. The highest BCUT2D eigenvalue weighted by Crippen LogP contribution is 2.54. The average Bonchev–Trinajstić information content (AvgIpc) is 3.62. The molecule has 2 aromatic heterocycles. The van der Waals surface area contributed by atoms with Crippen LogP contribution in [0.5, 0.6) is 11.5 Å². The highest BCUT2D eigenvalue weighted by molar-refractivity contribution is 5.99. The maximum absolute atomic E-state index is 15.9. The zero-order valence-corrected chi connectivity index (χ0v) is 23.9. The number of alkyl halides is 3. The van der Waals surface area contributed by atoms with Crippen LogP contribution >= 0.6 is 0 Å². The lowest BCUT2D eigenvalue weighted by molar-refractivity contribution is -0.0566. The van der Waals surface area contributed by atoms with Crippen LogP contribution in [0.25, 0.3) is 22.2 Å². The Balaban J connectivity index is 1.56. The number of hydrogen-bond acceptors (Lipinski definition) is 6. The molecule has 0 aliphatic heterocycles. The molecule has 0 unspecified atom stereocenters. The quantitative estimate of drug-likeness (QED) is 0.157. The topological polar surface area (TPSA) is 98.5 Å². The van der Waals surface area contributed by atoms with Gasteiger partial charge in [0.15, 0.2) is 23.1 Å². The number of amides is 1. The Morgan fingerprint density at radius 3 is 2.50 bits per heavy atom. The van der Waals surface area contributed by atoms with Crippen LogP contribution in [0.2, 0.25) is 0 Å². The Morgan fingerprint density at radius 2 is 1.89 bits per heavy atom. The monoisotopic (exact) mass is 622 g/mol. The molecule has 1 aliphatic rings. The number of fused-ring (bicyclic) bond motifs is 1. The molecule has 14 heteroatoms. The molecule has 1 atom stereocenters. The summed E-state index contributed by atoms with van der Waals surface area (Å²) in [5.74, 6) is -5.43. The fourth-order valence-corrected chi connectivity index (χ4v) is 5.08. The molecule has 5 rings (SSSR count). The number of rotatable bonds is 11. The van der Waals surface area contributed by atoms with Crippen LogP contribution < -0.4 is 14.8 Å². The first-order valence-electron chi connectivity index (χ1n) is 13.7. The molecule has 2 heterocycles. The van der Waals surface area contributed by atoms with Gasteiger partial charge in [0.05, 0.1) is 26.0 Å². The number of pyridine rings is 1. The van der Waals surface area contributed by atoms with Crippen molar-refractivity contribution in [2.75, 3.05) is 20.3 Å². The summed E-state index contributed by atoms with van der Waals surface area (Å²) in [7, 11) is 1.27. The van der Waals surface area contributed by atoms with Gasteiger partial charge in [-0.05, 0) is 62.1 Å². The summed E-state index contributed by atoms with van der Waals surface area (Å²) >= 11 is 0. The highest BCUT2D eigenvalue weighted by Gasteiger charge is 2.62. The Hall–Kier alpha value is -4.33. The third-order valence-electron chi connectivity index (χ3n) is 7.64. The maximum atomic E-state index is 15.9. The van der Waals surface area contributed by atoms with E-state index in [1.165, 1.54) is 25.3 Å². The van der Waals surface area contributed by atoms with E-state index in [1.807, 2.05) is 0 Å². The van der Waals surface area contributed by atoms with Gasteiger partial charge in [-0.25, -0.2) is 27.2 Å².